The third kappa shape index (κ3) is 5.17. The number of carbonyl (C=O) groups is 2. The molecule has 0 bridgehead atoms. The second-order valence-electron chi connectivity index (χ2n) is 6.49. The molecule has 0 saturated heterocycles. The Bertz CT molecular complexity index is 1010. The number of pyridine rings is 1. The van der Waals surface area contributed by atoms with Gasteiger partial charge in [0.15, 0.2) is 0 Å². The van der Waals surface area contributed by atoms with E-state index in [4.69, 9.17) is 4.74 Å². The average Bonchev–Trinajstić information content (AvgIpc) is 2.77. The Labute approximate surface area is 170 Å². The van der Waals surface area contributed by atoms with Crippen molar-refractivity contribution in [1.82, 2.24) is 9.88 Å². The molecule has 146 valence electrons. The van der Waals surface area contributed by atoms with Crippen LogP contribution in [0.2, 0.25) is 0 Å². The largest absolute Gasteiger partial charge is 0.497 e. The minimum Gasteiger partial charge on any atom is -0.497 e. The van der Waals surface area contributed by atoms with E-state index in [-0.39, 0.29) is 12.2 Å². The van der Waals surface area contributed by atoms with Gasteiger partial charge in [0.2, 0.25) is 0 Å². The molecule has 5 heteroatoms. The Morgan fingerprint density at radius 2 is 1.72 bits per heavy atom. The first kappa shape index (κ1) is 20.0. The van der Waals surface area contributed by atoms with Crippen molar-refractivity contribution in [1.29, 1.82) is 0 Å². The van der Waals surface area contributed by atoms with Gasteiger partial charge in [-0.15, -0.1) is 0 Å². The molecule has 5 nitrogen and oxygen atoms in total. The van der Waals surface area contributed by atoms with Gasteiger partial charge in [0.05, 0.1) is 13.7 Å². The van der Waals surface area contributed by atoms with Crippen LogP contribution in [0.4, 0.5) is 0 Å². The van der Waals surface area contributed by atoms with Crippen molar-refractivity contribution in [3.8, 4) is 5.75 Å². The molecule has 0 unspecified atom stereocenters. The van der Waals surface area contributed by atoms with Crippen LogP contribution in [-0.4, -0.2) is 28.8 Å². The summed E-state index contributed by atoms with van der Waals surface area (Å²) >= 11 is 0. The molecule has 0 radical (unpaired) electrons. The third-order valence-corrected chi connectivity index (χ3v) is 4.44. The first-order valence-corrected chi connectivity index (χ1v) is 9.22. The maximum absolute atomic E-state index is 13.1. The lowest BCUT2D eigenvalue weighted by Crippen LogP contribution is -2.36. The molecule has 2 aromatic carbocycles. The smallest absolute Gasteiger partial charge is 0.279 e. The highest BCUT2D eigenvalue weighted by Crippen LogP contribution is 2.16. The standard InChI is InChI=1S/C24H22N2O3/c1-18-7-6-16-25-23(18)24(28)26(17-20-10-13-21(29-2)14-11-20)22(27)15-12-19-8-4-3-5-9-19/h3-16H,17H2,1-2H3/b15-12+. The molecule has 0 fully saturated rings. The number of benzene rings is 2. The topological polar surface area (TPSA) is 59.5 Å². The van der Waals surface area contributed by atoms with E-state index in [1.165, 1.54) is 11.0 Å². The van der Waals surface area contributed by atoms with E-state index in [0.717, 1.165) is 16.7 Å². The summed E-state index contributed by atoms with van der Waals surface area (Å²) in [6.07, 6.45) is 4.66. The number of amides is 2. The molecule has 0 aliphatic heterocycles. The minimum absolute atomic E-state index is 0.136. The molecule has 0 atom stereocenters. The van der Waals surface area contributed by atoms with E-state index in [9.17, 15) is 9.59 Å². The quantitative estimate of drug-likeness (QED) is 0.593. The van der Waals surface area contributed by atoms with E-state index < -0.39 is 11.8 Å². The van der Waals surface area contributed by atoms with Crippen LogP contribution < -0.4 is 4.74 Å². The summed E-state index contributed by atoms with van der Waals surface area (Å²) in [5, 5.41) is 0. The molecule has 1 aromatic heterocycles. The average molecular weight is 386 g/mol. The maximum atomic E-state index is 13.1. The summed E-state index contributed by atoms with van der Waals surface area (Å²) < 4.78 is 5.17. The Kier molecular flexibility index (Phi) is 6.53. The van der Waals surface area contributed by atoms with Gasteiger partial charge in [-0.05, 0) is 47.9 Å². The Morgan fingerprint density at radius 3 is 2.38 bits per heavy atom. The Balaban J connectivity index is 1.89. The molecular weight excluding hydrogens is 364 g/mol. The second-order valence-corrected chi connectivity index (χ2v) is 6.49. The number of carbonyl (C=O) groups excluding carboxylic acids is 2. The zero-order chi connectivity index (χ0) is 20.6. The fourth-order valence-electron chi connectivity index (χ4n) is 2.82. The van der Waals surface area contributed by atoms with Crippen molar-refractivity contribution >= 4 is 17.9 Å². The van der Waals surface area contributed by atoms with Crippen molar-refractivity contribution in [3.63, 3.8) is 0 Å². The highest BCUT2D eigenvalue weighted by Gasteiger charge is 2.24. The third-order valence-electron chi connectivity index (χ3n) is 4.44. The van der Waals surface area contributed by atoms with Crippen molar-refractivity contribution in [2.75, 3.05) is 7.11 Å². The summed E-state index contributed by atoms with van der Waals surface area (Å²) in [4.78, 5) is 31.5. The Hall–Kier alpha value is -3.73. The molecule has 3 aromatic rings. The highest BCUT2D eigenvalue weighted by atomic mass is 16.5. The lowest BCUT2D eigenvalue weighted by atomic mass is 10.1. The minimum atomic E-state index is -0.429. The van der Waals surface area contributed by atoms with Crippen LogP contribution in [0.1, 0.15) is 27.2 Å². The van der Waals surface area contributed by atoms with Gasteiger partial charge in [-0.2, -0.15) is 0 Å². The molecule has 0 aliphatic carbocycles. The molecule has 0 N–H and O–H groups in total. The summed E-state index contributed by atoms with van der Waals surface area (Å²) in [7, 11) is 1.59. The fourth-order valence-corrected chi connectivity index (χ4v) is 2.82. The van der Waals surface area contributed by atoms with Crippen molar-refractivity contribution in [2.45, 2.75) is 13.5 Å². The number of methoxy groups -OCH3 is 1. The van der Waals surface area contributed by atoms with Gasteiger partial charge in [-0.1, -0.05) is 48.5 Å². The van der Waals surface area contributed by atoms with Gasteiger partial charge in [0, 0.05) is 12.3 Å². The van der Waals surface area contributed by atoms with Gasteiger partial charge >= 0.3 is 0 Å². The summed E-state index contributed by atoms with van der Waals surface area (Å²) in [5.74, 6) is -0.121. The molecular formula is C24H22N2O3. The van der Waals surface area contributed by atoms with E-state index in [1.807, 2.05) is 42.5 Å². The number of aryl methyl sites for hydroxylation is 1. The van der Waals surface area contributed by atoms with Gasteiger partial charge in [0.1, 0.15) is 11.4 Å². The number of ether oxygens (including phenoxy) is 1. The van der Waals surface area contributed by atoms with E-state index in [2.05, 4.69) is 4.98 Å². The zero-order valence-electron chi connectivity index (χ0n) is 16.4. The number of aromatic nitrogens is 1. The number of rotatable bonds is 6. The van der Waals surface area contributed by atoms with Crippen LogP contribution in [0, 0.1) is 6.92 Å². The van der Waals surface area contributed by atoms with Gasteiger partial charge < -0.3 is 4.74 Å². The van der Waals surface area contributed by atoms with Crippen LogP contribution in [0.3, 0.4) is 0 Å². The molecule has 1 heterocycles. The van der Waals surface area contributed by atoms with Crippen molar-refractivity contribution in [3.05, 3.63) is 101 Å². The van der Waals surface area contributed by atoms with Crippen molar-refractivity contribution in [2.24, 2.45) is 0 Å². The second kappa shape index (κ2) is 9.46. The monoisotopic (exact) mass is 386 g/mol. The Morgan fingerprint density at radius 1 is 1.00 bits per heavy atom. The molecule has 2 amide bonds. The van der Waals surface area contributed by atoms with E-state index >= 15 is 0 Å². The first-order chi connectivity index (χ1) is 14.1. The first-order valence-electron chi connectivity index (χ1n) is 9.22. The molecule has 0 saturated carbocycles. The van der Waals surface area contributed by atoms with Crippen LogP contribution in [-0.2, 0) is 11.3 Å². The van der Waals surface area contributed by atoms with Gasteiger partial charge in [0.25, 0.3) is 11.8 Å². The number of imide groups is 1. The van der Waals surface area contributed by atoms with E-state index in [1.54, 1.807) is 50.6 Å². The predicted octanol–water partition coefficient (Wildman–Crippen LogP) is 4.28. The molecule has 3 rings (SSSR count). The number of hydrogen-bond donors (Lipinski definition) is 0. The lowest BCUT2D eigenvalue weighted by Gasteiger charge is -2.20. The summed E-state index contributed by atoms with van der Waals surface area (Å²) in [6.45, 7) is 1.94. The van der Waals surface area contributed by atoms with Crippen molar-refractivity contribution < 1.29 is 14.3 Å². The van der Waals surface area contributed by atoms with Gasteiger partial charge in [-0.25, -0.2) is 0 Å². The zero-order valence-corrected chi connectivity index (χ0v) is 16.4. The number of nitrogens with zero attached hydrogens (tertiary/aromatic N) is 2. The fraction of sp³-hybridized carbons (Fsp3) is 0.125. The maximum Gasteiger partial charge on any atom is 0.279 e. The normalized spacial score (nSPS) is 10.7. The predicted molar refractivity (Wildman–Crippen MR) is 112 cm³/mol. The van der Waals surface area contributed by atoms with Crippen LogP contribution in [0.25, 0.3) is 6.08 Å². The SMILES string of the molecule is COc1ccc(CN(C(=O)/C=C/c2ccccc2)C(=O)c2ncccc2C)cc1. The highest BCUT2D eigenvalue weighted by molar-refractivity contribution is 6.08. The summed E-state index contributed by atoms with van der Waals surface area (Å²) in [5.41, 5.74) is 2.68. The molecule has 29 heavy (non-hydrogen) atoms. The molecule has 0 aliphatic rings. The summed E-state index contributed by atoms with van der Waals surface area (Å²) in [6, 6.07) is 20.3. The van der Waals surface area contributed by atoms with Gasteiger partial charge in [-0.3, -0.25) is 19.5 Å². The molecule has 0 spiro atoms. The van der Waals surface area contributed by atoms with E-state index in [0.29, 0.717) is 5.75 Å². The van der Waals surface area contributed by atoms with Crippen LogP contribution >= 0.6 is 0 Å². The lowest BCUT2D eigenvalue weighted by molar-refractivity contribution is -0.124. The number of hydrogen-bond acceptors (Lipinski definition) is 4. The van der Waals surface area contributed by atoms with Crippen LogP contribution in [0.15, 0.2) is 79.0 Å². The van der Waals surface area contributed by atoms with Crippen LogP contribution in [0.5, 0.6) is 5.75 Å².